The van der Waals surface area contributed by atoms with Crippen LogP contribution in [0.2, 0.25) is 0 Å². The summed E-state index contributed by atoms with van der Waals surface area (Å²) < 4.78 is 5.27. The quantitative estimate of drug-likeness (QED) is 0.480. The number of nitro groups is 1. The van der Waals surface area contributed by atoms with E-state index in [-0.39, 0.29) is 22.8 Å². The fourth-order valence-electron chi connectivity index (χ4n) is 2.15. The maximum absolute atomic E-state index is 12.4. The van der Waals surface area contributed by atoms with Crippen LogP contribution >= 0.6 is 0 Å². The van der Waals surface area contributed by atoms with Crippen LogP contribution in [-0.4, -0.2) is 42.0 Å². The summed E-state index contributed by atoms with van der Waals surface area (Å²) in [5, 5.41) is 11.2. The van der Waals surface area contributed by atoms with E-state index in [1.54, 1.807) is 11.0 Å². The first-order valence-electron chi connectivity index (χ1n) is 6.26. The summed E-state index contributed by atoms with van der Waals surface area (Å²) >= 11 is 0. The van der Waals surface area contributed by atoms with Crippen LogP contribution in [0, 0.1) is 10.1 Å². The molecule has 8 heteroatoms. The summed E-state index contributed by atoms with van der Waals surface area (Å²) in [6, 6.07) is 4.46. The van der Waals surface area contributed by atoms with Gasteiger partial charge in [0.2, 0.25) is 0 Å². The van der Waals surface area contributed by atoms with E-state index in [0.717, 1.165) is 0 Å². The Kier molecular flexibility index (Phi) is 4.49. The summed E-state index contributed by atoms with van der Waals surface area (Å²) in [6.07, 6.45) is 0.717. The van der Waals surface area contributed by atoms with Gasteiger partial charge in [0.15, 0.2) is 0 Å². The molecule has 1 aromatic rings. The number of hydrazine groups is 1. The number of nitrogens with zero attached hydrogens (tertiary/aromatic N) is 2. The molecule has 1 saturated heterocycles. The second-order valence-electron chi connectivity index (χ2n) is 4.36. The predicted octanol–water partition coefficient (Wildman–Crippen LogP) is 0.743. The lowest BCUT2D eigenvalue weighted by molar-refractivity contribution is -0.384. The molecule has 8 nitrogen and oxygen atoms in total. The van der Waals surface area contributed by atoms with Gasteiger partial charge in [-0.15, -0.1) is 0 Å². The van der Waals surface area contributed by atoms with Gasteiger partial charge in [0.05, 0.1) is 11.5 Å². The molecule has 3 N–H and O–H groups in total. The highest BCUT2D eigenvalue weighted by atomic mass is 16.6. The first kappa shape index (κ1) is 14.2. The molecule has 2 rings (SSSR count). The van der Waals surface area contributed by atoms with Gasteiger partial charge in [0.1, 0.15) is 11.3 Å². The number of benzene rings is 1. The highest BCUT2D eigenvalue weighted by Crippen LogP contribution is 2.29. The predicted molar refractivity (Wildman–Crippen MR) is 72.2 cm³/mol. The number of rotatable bonds is 3. The Morgan fingerprint density at radius 2 is 2.20 bits per heavy atom. The van der Waals surface area contributed by atoms with Gasteiger partial charge in [-0.2, -0.15) is 0 Å². The van der Waals surface area contributed by atoms with Crippen LogP contribution in [0.15, 0.2) is 18.2 Å². The van der Waals surface area contributed by atoms with Gasteiger partial charge in [-0.3, -0.25) is 20.8 Å². The zero-order valence-electron chi connectivity index (χ0n) is 10.9. The summed E-state index contributed by atoms with van der Waals surface area (Å²) in [5.41, 5.74) is 2.10. The largest absolute Gasteiger partial charge is 0.380 e. The molecule has 0 bridgehead atoms. The second kappa shape index (κ2) is 6.31. The third-order valence-corrected chi connectivity index (χ3v) is 3.11. The molecule has 0 saturated carbocycles. The summed E-state index contributed by atoms with van der Waals surface area (Å²) in [4.78, 5) is 24.6. The normalized spacial score (nSPS) is 15.6. The lowest BCUT2D eigenvalue weighted by Crippen LogP contribution is -2.33. The molecule has 1 heterocycles. The molecular formula is C12H16N4O4. The molecule has 1 aliphatic heterocycles. The Hall–Kier alpha value is -2.19. The number of carbonyl (C=O) groups excluding carboxylic acids is 1. The van der Waals surface area contributed by atoms with Crippen LogP contribution in [-0.2, 0) is 4.74 Å². The number of nitrogens with one attached hydrogen (secondary N) is 1. The van der Waals surface area contributed by atoms with Crippen molar-refractivity contribution in [3.05, 3.63) is 33.9 Å². The highest BCUT2D eigenvalue weighted by Gasteiger charge is 2.27. The van der Waals surface area contributed by atoms with E-state index in [9.17, 15) is 14.9 Å². The minimum atomic E-state index is -0.600. The van der Waals surface area contributed by atoms with Crippen molar-refractivity contribution in [1.82, 2.24) is 4.90 Å². The van der Waals surface area contributed by atoms with E-state index in [1.165, 1.54) is 12.1 Å². The number of nitrogen functional groups attached to an aromatic ring is 1. The van der Waals surface area contributed by atoms with Crippen LogP contribution in [0.25, 0.3) is 0 Å². The van der Waals surface area contributed by atoms with Crippen molar-refractivity contribution in [2.45, 2.75) is 6.42 Å². The van der Waals surface area contributed by atoms with Gasteiger partial charge in [-0.25, -0.2) is 0 Å². The van der Waals surface area contributed by atoms with Crippen LogP contribution in [0.4, 0.5) is 11.4 Å². The number of nitro benzene ring substituents is 1. The topological polar surface area (TPSA) is 111 Å². The van der Waals surface area contributed by atoms with E-state index >= 15 is 0 Å². The van der Waals surface area contributed by atoms with E-state index in [4.69, 9.17) is 10.6 Å². The van der Waals surface area contributed by atoms with Gasteiger partial charge in [0, 0.05) is 19.7 Å². The number of hydrogen-bond acceptors (Lipinski definition) is 6. The minimum Gasteiger partial charge on any atom is -0.380 e. The Bertz CT molecular complexity index is 512. The number of para-hydroxylation sites is 1. The molecule has 0 radical (unpaired) electrons. The van der Waals surface area contributed by atoms with Crippen LogP contribution in [0.1, 0.15) is 16.8 Å². The highest BCUT2D eigenvalue weighted by molar-refractivity contribution is 6.00. The van der Waals surface area contributed by atoms with Crippen LogP contribution in [0.5, 0.6) is 0 Å². The first-order chi connectivity index (χ1) is 9.65. The van der Waals surface area contributed by atoms with Crippen LogP contribution in [0.3, 0.4) is 0 Å². The van der Waals surface area contributed by atoms with Crippen molar-refractivity contribution in [2.24, 2.45) is 5.84 Å². The molecule has 0 aromatic heterocycles. The number of ether oxygens (including phenoxy) is 1. The molecule has 20 heavy (non-hydrogen) atoms. The summed E-state index contributed by atoms with van der Waals surface area (Å²) in [5.74, 6) is 4.89. The fourth-order valence-corrected chi connectivity index (χ4v) is 2.15. The molecule has 0 aliphatic carbocycles. The Balaban J connectivity index is 2.35. The van der Waals surface area contributed by atoms with E-state index < -0.39 is 4.92 Å². The fraction of sp³-hybridized carbons (Fsp3) is 0.417. The van der Waals surface area contributed by atoms with Gasteiger partial charge in [-0.1, -0.05) is 6.07 Å². The monoisotopic (exact) mass is 280 g/mol. The third-order valence-electron chi connectivity index (χ3n) is 3.11. The molecule has 0 spiro atoms. The van der Waals surface area contributed by atoms with E-state index in [2.05, 4.69) is 5.43 Å². The van der Waals surface area contributed by atoms with E-state index in [1.807, 2.05) is 0 Å². The van der Waals surface area contributed by atoms with Gasteiger partial charge in [0.25, 0.3) is 5.91 Å². The zero-order valence-corrected chi connectivity index (χ0v) is 10.9. The third kappa shape index (κ3) is 2.86. The average molecular weight is 280 g/mol. The molecule has 1 aromatic carbocycles. The van der Waals surface area contributed by atoms with Gasteiger partial charge < -0.3 is 15.1 Å². The van der Waals surface area contributed by atoms with Crippen molar-refractivity contribution >= 4 is 17.3 Å². The van der Waals surface area contributed by atoms with Crippen molar-refractivity contribution in [1.29, 1.82) is 0 Å². The maximum Gasteiger partial charge on any atom is 0.306 e. The summed E-state index contributed by atoms with van der Waals surface area (Å²) in [6.45, 7) is 1.98. The zero-order chi connectivity index (χ0) is 14.5. The second-order valence-corrected chi connectivity index (χ2v) is 4.36. The molecule has 1 amide bonds. The molecular weight excluding hydrogens is 264 g/mol. The number of nitrogens with two attached hydrogens (primary N) is 1. The number of hydrogen-bond donors (Lipinski definition) is 2. The Morgan fingerprint density at radius 3 is 2.90 bits per heavy atom. The maximum atomic E-state index is 12.4. The molecule has 1 fully saturated rings. The Labute approximate surface area is 115 Å². The standard InChI is InChI=1S/C12H16N4O4/c13-14-10-4-1-3-9(11(10)16(18)19)12(17)15-5-2-7-20-8-6-15/h1,3-4,14H,2,5-8,13H2. The smallest absolute Gasteiger partial charge is 0.306 e. The number of amides is 1. The summed E-state index contributed by atoms with van der Waals surface area (Å²) in [7, 11) is 0. The van der Waals surface area contributed by atoms with Gasteiger partial charge >= 0.3 is 5.69 Å². The van der Waals surface area contributed by atoms with Crippen molar-refractivity contribution in [3.63, 3.8) is 0 Å². The van der Waals surface area contributed by atoms with Gasteiger partial charge in [-0.05, 0) is 18.6 Å². The molecule has 108 valence electrons. The number of carbonyl (C=O) groups is 1. The van der Waals surface area contributed by atoms with Crippen molar-refractivity contribution in [2.75, 3.05) is 31.7 Å². The van der Waals surface area contributed by atoms with E-state index in [0.29, 0.717) is 32.7 Å². The number of anilines is 1. The lowest BCUT2D eigenvalue weighted by atomic mass is 10.1. The first-order valence-corrected chi connectivity index (χ1v) is 6.26. The average Bonchev–Trinajstić information content (AvgIpc) is 2.74. The molecule has 0 atom stereocenters. The van der Waals surface area contributed by atoms with Crippen molar-refractivity contribution in [3.8, 4) is 0 Å². The minimum absolute atomic E-state index is 0.0346. The molecule has 0 unspecified atom stereocenters. The SMILES string of the molecule is NNc1cccc(C(=O)N2CCCOCC2)c1[N+](=O)[O-]. The van der Waals surface area contributed by atoms with Crippen LogP contribution < -0.4 is 11.3 Å². The lowest BCUT2D eigenvalue weighted by Gasteiger charge is -2.19. The van der Waals surface area contributed by atoms with Crippen molar-refractivity contribution < 1.29 is 14.5 Å². The Morgan fingerprint density at radius 1 is 1.40 bits per heavy atom. The molecule has 1 aliphatic rings.